The number of benzene rings is 2. The SMILES string of the molecule is OC(c1ccccc1)c1cc2cc(Br)ccc2o1. The van der Waals surface area contributed by atoms with E-state index in [1.165, 1.54) is 0 Å². The topological polar surface area (TPSA) is 33.4 Å². The zero-order chi connectivity index (χ0) is 12.5. The molecule has 3 aromatic rings. The minimum Gasteiger partial charge on any atom is -0.458 e. The second kappa shape index (κ2) is 4.59. The highest BCUT2D eigenvalue weighted by molar-refractivity contribution is 9.10. The summed E-state index contributed by atoms with van der Waals surface area (Å²) in [6, 6.07) is 17.1. The van der Waals surface area contributed by atoms with Crippen LogP contribution < -0.4 is 0 Å². The quantitative estimate of drug-likeness (QED) is 0.766. The van der Waals surface area contributed by atoms with Crippen LogP contribution in [0.1, 0.15) is 17.4 Å². The number of rotatable bonds is 2. The Balaban J connectivity index is 2.04. The molecule has 0 aliphatic carbocycles. The summed E-state index contributed by atoms with van der Waals surface area (Å²) in [7, 11) is 0. The van der Waals surface area contributed by atoms with Crippen LogP contribution in [0.5, 0.6) is 0 Å². The summed E-state index contributed by atoms with van der Waals surface area (Å²) in [4.78, 5) is 0. The van der Waals surface area contributed by atoms with Gasteiger partial charge in [-0.25, -0.2) is 0 Å². The lowest BCUT2D eigenvalue weighted by Gasteiger charge is -2.06. The van der Waals surface area contributed by atoms with Crippen LogP contribution in [0.15, 0.2) is 63.5 Å². The van der Waals surface area contributed by atoms with Crippen molar-refractivity contribution in [3.63, 3.8) is 0 Å². The van der Waals surface area contributed by atoms with E-state index in [1.54, 1.807) is 0 Å². The maximum absolute atomic E-state index is 10.3. The van der Waals surface area contributed by atoms with Gasteiger partial charge in [0, 0.05) is 9.86 Å². The molecule has 3 rings (SSSR count). The van der Waals surface area contributed by atoms with Crippen molar-refractivity contribution in [1.82, 2.24) is 0 Å². The van der Waals surface area contributed by atoms with Crippen molar-refractivity contribution in [2.75, 3.05) is 0 Å². The van der Waals surface area contributed by atoms with Crippen LogP contribution >= 0.6 is 15.9 Å². The fourth-order valence-electron chi connectivity index (χ4n) is 1.97. The predicted molar refractivity (Wildman–Crippen MR) is 74.4 cm³/mol. The maximum Gasteiger partial charge on any atom is 0.138 e. The number of hydrogen-bond donors (Lipinski definition) is 1. The molecule has 1 unspecified atom stereocenters. The van der Waals surface area contributed by atoms with Crippen LogP contribution in [0.3, 0.4) is 0 Å². The van der Waals surface area contributed by atoms with Crippen molar-refractivity contribution in [3.8, 4) is 0 Å². The first kappa shape index (κ1) is 11.5. The van der Waals surface area contributed by atoms with E-state index in [9.17, 15) is 5.11 Å². The summed E-state index contributed by atoms with van der Waals surface area (Å²) in [6.45, 7) is 0. The summed E-state index contributed by atoms with van der Waals surface area (Å²) in [5.41, 5.74) is 1.61. The molecule has 0 aliphatic heterocycles. The van der Waals surface area contributed by atoms with Gasteiger partial charge in [-0.2, -0.15) is 0 Å². The zero-order valence-corrected chi connectivity index (χ0v) is 11.1. The van der Waals surface area contributed by atoms with Crippen LogP contribution in [0.2, 0.25) is 0 Å². The van der Waals surface area contributed by atoms with Crippen molar-refractivity contribution in [1.29, 1.82) is 0 Å². The largest absolute Gasteiger partial charge is 0.458 e. The van der Waals surface area contributed by atoms with E-state index >= 15 is 0 Å². The minimum absolute atomic E-state index is 0.564. The Bertz CT molecular complexity index is 673. The molecule has 2 nitrogen and oxygen atoms in total. The zero-order valence-electron chi connectivity index (χ0n) is 9.51. The molecule has 18 heavy (non-hydrogen) atoms. The highest BCUT2D eigenvalue weighted by Gasteiger charge is 2.15. The first-order valence-electron chi connectivity index (χ1n) is 5.66. The van der Waals surface area contributed by atoms with Crippen LogP contribution in [-0.2, 0) is 0 Å². The second-order valence-electron chi connectivity index (χ2n) is 4.14. The molecule has 0 amide bonds. The Morgan fingerprint density at radius 3 is 2.56 bits per heavy atom. The van der Waals surface area contributed by atoms with E-state index in [0.717, 1.165) is 21.0 Å². The lowest BCUT2D eigenvalue weighted by molar-refractivity contribution is 0.192. The lowest BCUT2D eigenvalue weighted by Crippen LogP contribution is -1.96. The van der Waals surface area contributed by atoms with Crippen molar-refractivity contribution in [2.24, 2.45) is 0 Å². The third-order valence-electron chi connectivity index (χ3n) is 2.88. The normalized spacial score (nSPS) is 12.8. The number of aliphatic hydroxyl groups excluding tert-OH is 1. The number of aliphatic hydroxyl groups is 1. The molecule has 0 bridgehead atoms. The van der Waals surface area contributed by atoms with Gasteiger partial charge in [0.1, 0.15) is 17.4 Å². The smallest absolute Gasteiger partial charge is 0.138 e. The average molecular weight is 303 g/mol. The first-order chi connectivity index (χ1) is 8.74. The number of furan rings is 1. The highest BCUT2D eigenvalue weighted by Crippen LogP contribution is 2.29. The van der Waals surface area contributed by atoms with Gasteiger partial charge in [-0.3, -0.25) is 0 Å². The number of fused-ring (bicyclic) bond motifs is 1. The van der Waals surface area contributed by atoms with E-state index in [4.69, 9.17) is 4.42 Å². The molecular weight excluding hydrogens is 292 g/mol. The molecular formula is C15H11BrO2. The lowest BCUT2D eigenvalue weighted by atomic mass is 10.1. The summed E-state index contributed by atoms with van der Waals surface area (Å²) < 4.78 is 6.67. The Labute approximate surface area is 113 Å². The third-order valence-corrected chi connectivity index (χ3v) is 3.38. The fourth-order valence-corrected chi connectivity index (χ4v) is 2.35. The van der Waals surface area contributed by atoms with Gasteiger partial charge in [-0.1, -0.05) is 46.3 Å². The number of halogens is 1. The average Bonchev–Trinajstić information content (AvgIpc) is 2.81. The van der Waals surface area contributed by atoms with Gasteiger partial charge in [-0.15, -0.1) is 0 Å². The van der Waals surface area contributed by atoms with Crippen molar-refractivity contribution >= 4 is 26.9 Å². The van der Waals surface area contributed by atoms with Gasteiger partial charge in [-0.05, 0) is 29.8 Å². The minimum atomic E-state index is -0.725. The van der Waals surface area contributed by atoms with E-state index in [-0.39, 0.29) is 0 Å². The molecule has 1 aromatic heterocycles. The molecule has 0 fully saturated rings. The molecule has 1 N–H and O–H groups in total. The molecule has 90 valence electrons. The molecule has 1 heterocycles. The van der Waals surface area contributed by atoms with Crippen LogP contribution in [0.25, 0.3) is 11.0 Å². The third kappa shape index (κ3) is 2.07. The van der Waals surface area contributed by atoms with Crippen molar-refractivity contribution in [3.05, 3.63) is 70.4 Å². The van der Waals surface area contributed by atoms with E-state index in [0.29, 0.717) is 5.76 Å². The molecule has 1 atom stereocenters. The summed E-state index contributed by atoms with van der Waals surface area (Å²) >= 11 is 3.42. The Morgan fingerprint density at radius 2 is 1.78 bits per heavy atom. The van der Waals surface area contributed by atoms with Crippen molar-refractivity contribution in [2.45, 2.75) is 6.10 Å². The number of hydrogen-bond acceptors (Lipinski definition) is 2. The molecule has 3 heteroatoms. The van der Waals surface area contributed by atoms with Gasteiger partial charge in [0.2, 0.25) is 0 Å². The Morgan fingerprint density at radius 1 is 1.00 bits per heavy atom. The fraction of sp³-hybridized carbons (Fsp3) is 0.0667. The summed E-state index contributed by atoms with van der Waals surface area (Å²) in [6.07, 6.45) is -0.725. The second-order valence-corrected chi connectivity index (χ2v) is 5.06. The predicted octanol–water partition coefficient (Wildman–Crippen LogP) is 4.28. The van der Waals surface area contributed by atoms with E-state index < -0.39 is 6.10 Å². The standard InChI is InChI=1S/C15H11BrO2/c16-12-6-7-13-11(8-12)9-14(18-13)15(17)10-4-2-1-3-5-10/h1-9,15,17H. The van der Waals surface area contributed by atoms with Crippen LogP contribution in [0.4, 0.5) is 0 Å². The van der Waals surface area contributed by atoms with Gasteiger partial charge < -0.3 is 9.52 Å². The van der Waals surface area contributed by atoms with Gasteiger partial charge in [0.05, 0.1) is 0 Å². The van der Waals surface area contributed by atoms with Crippen molar-refractivity contribution < 1.29 is 9.52 Å². The molecule has 0 saturated heterocycles. The molecule has 0 radical (unpaired) electrons. The highest BCUT2D eigenvalue weighted by atomic mass is 79.9. The van der Waals surface area contributed by atoms with Gasteiger partial charge >= 0.3 is 0 Å². The molecule has 0 aliphatic rings. The molecule has 0 spiro atoms. The Kier molecular flexibility index (Phi) is 2.94. The van der Waals surface area contributed by atoms with Gasteiger partial charge in [0.15, 0.2) is 0 Å². The monoisotopic (exact) mass is 302 g/mol. The Hall–Kier alpha value is -1.58. The molecule has 2 aromatic carbocycles. The van der Waals surface area contributed by atoms with E-state index in [2.05, 4.69) is 15.9 Å². The first-order valence-corrected chi connectivity index (χ1v) is 6.45. The van der Waals surface area contributed by atoms with E-state index in [1.807, 2.05) is 54.6 Å². The summed E-state index contributed by atoms with van der Waals surface area (Å²) in [5.74, 6) is 0.564. The van der Waals surface area contributed by atoms with Gasteiger partial charge in [0.25, 0.3) is 0 Å². The van der Waals surface area contributed by atoms with Crippen LogP contribution in [-0.4, -0.2) is 5.11 Å². The summed E-state index contributed by atoms with van der Waals surface area (Å²) in [5, 5.41) is 11.2. The maximum atomic E-state index is 10.3. The molecule has 0 saturated carbocycles. The van der Waals surface area contributed by atoms with Crippen LogP contribution in [0, 0.1) is 0 Å².